The van der Waals surface area contributed by atoms with Crippen molar-refractivity contribution in [1.29, 1.82) is 0 Å². The van der Waals surface area contributed by atoms with E-state index in [-0.39, 0.29) is 6.10 Å². The van der Waals surface area contributed by atoms with Crippen molar-refractivity contribution in [1.82, 2.24) is 0 Å². The lowest BCUT2D eigenvalue weighted by Crippen LogP contribution is -2.17. The number of aliphatic hydroxyl groups is 1. The van der Waals surface area contributed by atoms with Crippen LogP contribution in [0.25, 0.3) is 0 Å². The fraction of sp³-hybridized carbons (Fsp3) is 0.600. The van der Waals surface area contributed by atoms with Gasteiger partial charge in [0, 0.05) is 0 Å². The topological polar surface area (TPSA) is 47.9 Å². The van der Waals surface area contributed by atoms with Gasteiger partial charge in [-0.1, -0.05) is 19.4 Å². The quantitative estimate of drug-likeness (QED) is 0.860. The summed E-state index contributed by atoms with van der Waals surface area (Å²) in [6.45, 7) is 5.58. The predicted molar refractivity (Wildman–Crippen MR) is 72.7 cm³/mol. The summed E-state index contributed by atoms with van der Waals surface area (Å²) < 4.78 is 16.6. The zero-order valence-corrected chi connectivity index (χ0v) is 11.6. The van der Waals surface area contributed by atoms with Crippen LogP contribution in [0.1, 0.15) is 38.4 Å². The number of hydrogen-bond donors (Lipinski definition) is 1. The molecule has 0 radical (unpaired) electrons. The third-order valence-electron chi connectivity index (χ3n) is 3.18. The first-order valence-corrected chi connectivity index (χ1v) is 6.90. The van der Waals surface area contributed by atoms with Crippen LogP contribution in [0.15, 0.2) is 18.2 Å². The van der Waals surface area contributed by atoms with Crippen molar-refractivity contribution in [3.8, 4) is 11.5 Å². The van der Waals surface area contributed by atoms with Gasteiger partial charge in [0.05, 0.1) is 12.7 Å². The molecule has 19 heavy (non-hydrogen) atoms. The molecule has 4 nitrogen and oxygen atoms in total. The van der Waals surface area contributed by atoms with Gasteiger partial charge < -0.3 is 19.3 Å². The number of hydrogen-bond acceptors (Lipinski definition) is 4. The van der Waals surface area contributed by atoms with Crippen molar-refractivity contribution >= 4 is 0 Å². The Balaban J connectivity index is 1.93. The van der Waals surface area contributed by atoms with Crippen LogP contribution in [0.2, 0.25) is 0 Å². The summed E-state index contributed by atoms with van der Waals surface area (Å²) in [7, 11) is 0. The monoisotopic (exact) mass is 266 g/mol. The highest BCUT2D eigenvalue weighted by molar-refractivity contribution is 5.44. The first-order valence-electron chi connectivity index (χ1n) is 6.90. The fourth-order valence-electron chi connectivity index (χ4n) is 2.11. The van der Waals surface area contributed by atoms with Crippen LogP contribution in [0.3, 0.4) is 0 Å². The lowest BCUT2D eigenvalue weighted by molar-refractivity contribution is -0.00598. The summed E-state index contributed by atoms with van der Waals surface area (Å²) in [5.74, 6) is 1.44. The molecule has 1 aliphatic heterocycles. The maximum absolute atomic E-state index is 10.1. The van der Waals surface area contributed by atoms with Gasteiger partial charge in [-0.05, 0) is 31.0 Å². The van der Waals surface area contributed by atoms with Gasteiger partial charge in [-0.25, -0.2) is 0 Å². The molecular formula is C15H22O4. The van der Waals surface area contributed by atoms with Crippen LogP contribution in [-0.2, 0) is 4.74 Å². The third kappa shape index (κ3) is 3.85. The van der Waals surface area contributed by atoms with E-state index in [1.54, 1.807) is 0 Å². The lowest BCUT2D eigenvalue weighted by atomic mass is 10.1. The molecule has 2 atom stereocenters. The molecule has 0 saturated heterocycles. The van der Waals surface area contributed by atoms with E-state index in [0.29, 0.717) is 25.6 Å². The summed E-state index contributed by atoms with van der Waals surface area (Å²) in [6.07, 6.45) is 1.64. The Morgan fingerprint density at radius 2 is 2.00 bits per heavy atom. The Hall–Kier alpha value is -1.26. The minimum absolute atomic E-state index is 0.178. The molecule has 1 aliphatic rings. The van der Waals surface area contributed by atoms with E-state index in [1.807, 2.05) is 25.1 Å². The molecule has 2 rings (SSSR count). The first kappa shape index (κ1) is 14.2. The molecule has 0 aliphatic carbocycles. The van der Waals surface area contributed by atoms with Gasteiger partial charge in [-0.3, -0.25) is 0 Å². The second-order valence-electron chi connectivity index (χ2n) is 4.85. The Labute approximate surface area is 114 Å². The zero-order valence-electron chi connectivity index (χ0n) is 11.6. The summed E-state index contributed by atoms with van der Waals surface area (Å²) in [5.41, 5.74) is 0.799. The molecule has 1 N–H and O–H groups in total. The largest absolute Gasteiger partial charge is 0.486 e. The van der Waals surface area contributed by atoms with Crippen LogP contribution in [0.5, 0.6) is 11.5 Å². The van der Waals surface area contributed by atoms with Gasteiger partial charge in [0.2, 0.25) is 0 Å². The van der Waals surface area contributed by atoms with Gasteiger partial charge in [-0.15, -0.1) is 0 Å². The average Bonchev–Trinajstić information content (AvgIpc) is 2.44. The molecule has 0 fully saturated rings. The number of rotatable bonds is 6. The molecule has 106 valence electrons. The van der Waals surface area contributed by atoms with Gasteiger partial charge in [0.15, 0.2) is 11.5 Å². The van der Waals surface area contributed by atoms with Gasteiger partial charge >= 0.3 is 0 Å². The molecule has 0 saturated carbocycles. The van der Waals surface area contributed by atoms with E-state index < -0.39 is 6.10 Å². The Bertz CT molecular complexity index is 405. The van der Waals surface area contributed by atoms with Crippen molar-refractivity contribution in [2.45, 2.75) is 38.9 Å². The smallest absolute Gasteiger partial charge is 0.161 e. The van der Waals surface area contributed by atoms with E-state index >= 15 is 0 Å². The molecule has 2 unspecified atom stereocenters. The Morgan fingerprint density at radius 1 is 1.26 bits per heavy atom. The van der Waals surface area contributed by atoms with Crippen molar-refractivity contribution in [2.75, 3.05) is 19.8 Å². The number of ether oxygens (including phenoxy) is 3. The molecule has 0 bridgehead atoms. The van der Waals surface area contributed by atoms with Crippen LogP contribution in [0.4, 0.5) is 0 Å². The van der Waals surface area contributed by atoms with Gasteiger partial charge in [0.25, 0.3) is 0 Å². The van der Waals surface area contributed by atoms with E-state index in [0.717, 1.165) is 24.2 Å². The molecule has 1 aromatic carbocycles. The number of aliphatic hydroxyl groups excluding tert-OH is 1. The van der Waals surface area contributed by atoms with Crippen molar-refractivity contribution in [3.63, 3.8) is 0 Å². The summed E-state index contributed by atoms with van der Waals surface area (Å²) in [5, 5.41) is 10.1. The minimum atomic E-state index is -0.630. The second-order valence-corrected chi connectivity index (χ2v) is 4.85. The highest BCUT2D eigenvalue weighted by Gasteiger charge is 2.16. The second kappa shape index (κ2) is 6.78. The lowest BCUT2D eigenvalue weighted by Gasteiger charge is -2.21. The number of fused-ring (bicyclic) bond motifs is 1. The Morgan fingerprint density at radius 3 is 2.74 bits per heavy atom. The number of benzene rings is 1. The van der Waals surface area contributed by atoms with Crippen LogP contribution >= 0.6 is 0 Å². The van der Waals surface area contributed by atoms with E-state index in [2.05, 4.69) is 6.92 Å². The Kier molecular flexibility index (Phi) is 5.05. The fourth-order valence-corrected chi connectivity index (χ4v) is 2.11. The highest BCUT2D eigenvalue weighted by Crippen LogP contribution is 2.32. The normalized spacial score (nSPS) is 17.0. The van der Waals surface area contributed by atoms with Crippen molar-refractivity contribution in [2.24, 2.45) is 0 Å². The summed E-state index contributed by atoms with van der Waals surface area (Å²) in [6, 6.07) is 5.52. The molecule has 1 aromatic rings. The van der Waals surface area contributed by atoms with Gasteiger partial charge in [-0.2, -0.15) is 0 Å². The summed E-state index contributed by atoms with van der Waals surface area (Å²) >= 11 is 0. The molecule has 0 amide bonds. The SMILES string of the molecule is CCCC(C)OCC(O)c1ccc2c(c1)OCCO2. The molecule has 0 spiro atoms. The molecular weight excluding hydrogens is 244 g/mol. The molecule has 4 heteroatoms. The maximum atomic E-state index is 10.1. The predicted octanol–water partition coefficient (Wildman–Crippen LogP) is 2.70. The molecule has 0 aromatic heterocycles. The minimum Gasteiger partial charge on any atom is -0.486 e. The maximum Gasteiger partial charge on any atom is 0.161 e. The van der Waals surface area contributed by atoms with Crippen molar-refractivity contribution < 1.29 is 19.3 Å². The van der Waals surface area contributed by atoms with E-state index in [4.69, 9.17) is 14.2 Å². The summed E-state index contributed by atoms with van der Waals surface area (Å²) in [4.78, 5) is 0. The molecule has 1 heterocycles. The van der Waals surface area contributed by atoms with E-state index in [9.17, 15) is 5.11 Å². The zero-order chi connectivity index (χ0) is 13.7. The highest BCUT2D eigenvalue weighted by atomic mass is 16.6. The first-order chi connectivity index (χ1) is 9.20. The standard InChI is InChI=1S/C15H22O4/c1-3-4-11(2)19-10-13(16)12-5-6-14-15(9-12)18-8-7-17-14/h5-6,9,11,13,16H,3-4,7-8,10H2,1-2H3. The van der Waals surface area contributed by atoms with Crippen LogP contribution in [0, 0.1) is 0 Å². The average molecular weight is 266 g/mol. The van der Waals surface area contributed by atoms with Gasteiger partial charge in [0.1, 0.15) is 19.3 Å². The third-order valence-corrected chi connectivity index (χ3v) is 3.18. The van der Waals surface area contributed by atoms with Crippen LogP contribution in [-0.4, -0.2) is 31.0 Å². The van der Waals surface area contributed by atoms with Crippen LogP contribution < -0.4 is 9.47 Å². The van der Waals surface area contributed by atoms with Crippen molar-refractivity contribution in [3.05, 3.63) is 23.8 Å². The van der Waals surface area contributed by atoms with E-state index in [1.165, 1.54) is 0 Å².